The molecule has 1 atom stereocenters. The van der Waals surface area contributed by atoms with Crippen molar-refractivity contribution in [3.05, 3.63) is 0 Å². The zero-order chi connectivity index (χ0) is 13.4. The molecule has 0 aliphatic carbocycles. The van der Waals surface area contributed by atoms with Gasteiger partial charge in [-0.3, -0.25) is 0 Å². The number of nitrogens with zero attached hydrogens (tertiary/aromatic N) is 1. The Labute approximate surface area is 107 Å². The third-order valence-electron chi connectivity index (χ3n) is 3.23. The Hall–Kier alpha value is -0.330. The number of ether oxygens (including phenoxy) is 1. The maximum absolute atomic E-state index is 12.1. The summed E-state index contributed by atoms with van der Waals surface area (Å²) < 4.78 is 41.4. The van der Waals surface area contributed by atoms with Gasteiger partial charge in [-0.05, 0) is 31.8 Å². The van der Waals surface area contributed by atoms with E-state index in [1.807, 2.05) is 4.90 Å². The van der Waals surface area contributed by atoms with Crippen molar-refractivity contribution in [3.8, 4) is 0 Å². The number of piperidine rings is 1. The highest BCUT2D eigenvalue weighted by molar-refractivity contribution is 4.75. The van der Waals surface area contributed by atoms with E-state index in [0.29, 0.717) is 12.5 Å². The SMILES string of the molecule is COCCNCC1CCCN(CCC(F)(F)F)C1. The topological polar surface area (TPSA) is 24.5 Å². The number of hydrogen-bond donors (Lipinski definition) is 1. The highest BCUT2D eigenvalue weighted by Crippen LogP contribution is 2.22. The lowest BCUT2D eigenvalue weighted by atomic mass is 9.98. The van der Waals surface area contributed by atoms with Crippen molar-refractivity contribution >= 4 is 0 Å². The van der Waals surface area contributed by atoms with Crippen LogP contribution in [0, 0.1) is 5.92 Å². The maximum Gasteiger partial charge on any atom is 0.390 e. The third kappa shape index (κ3) is 7.18. The standard InChI is InChI=1S/C12H23F3N2O/c1-18-8-5-16-9-11-3-2-6-17(10-11)7-4-12(13,14)15/h11,16H,2-10H2,1H3. The zero-order valence-corrected chi connectivity index (χ0v) is 10.9. The Morgan fingerprint density at radius 2 is 2.17 bits per heavy atom. The molecule has 3 nitrogen and oxygen atoms in total. The number of rotatable bonds is 7. The molecule has 1 heterocycles. The molecule has 0 spiro atoms. The van der Waals surface area contributed by atoms with Crippen molar-refractivity contribution in [3.63, 3.8) is 0 Å². The predicted octanol–water partition coefficient (Wildman–Crippen LogP) is 1.89. The van der Waals surface area contributed by atoms with Crippen molar-refractivity contribution < 1.29 is 17.9 Å². The fourth-order valence-electron chi connectivity index (χ4n) is 2.29. The molecule has 108 valence electrons. The Morgan fingerprint density at radius 1 is 1.39 bits per heavy atom. The summed E-state index contributed by atoms with van der Waals surface area (Å²) in [4.78, 5) is 1.93. The molecule has 0 aromatic heterocycles. The molecule has 0 aromatic rings. The molecule has 1 unspecified atom stereocenters. The van der Waals surface area contributed by atoms with Crippen molar-refractivity contribution in [2.75, 3.05) is 46.4 Å². The number of alkyl halides is 3. The normalized spacial score (nSPS) is 22.3. The van der Waals surface area contributed by atoms with Crippen LogP contribution >= 0.6 is 0 Å². The molecule has 18 heavy (non-hydrogen) atoms. The van der Waals surface area contributed by atoms with Crippen molar-refractivity contribution in [2.24, 2.45) is 5.92 Å². The van der Waals surface area contributed by atoms with Crippen LogP contribution in [0.3, 0.4) is 0 Å². The van der Waals surface area contributed by atoms with E-state index in [1.165, 1.54) is 0 Å². The first-order valence-electron chi connectivity index (χ1n) is 6.50. The average molecular weight is 268 g/mol. The fourth-order valence-corrected chi connectivity index (χ4v) is 2.29. The summed E-state index contributed by atoms with van der Waals surface area (Å²) in [6.07, 6.45) is -2.64. The Kier molecular flexibility index (Phi) is 6.96. The molecule has 0 radical (unpaired) electrons. The summed E-state index contributed by atoms with van der Waals surface area (Å²) in [5.41, 5.74) is 0. The van der Waals surface area contributed by atoms with Crippen LogP contribution in [0.15, 0.2) is 0 Å². The van der Waals surface area contributed by atoms with E-state index >= 15 is 0 Å². The molecule has 0 bridgehead atoms. The predicted molar refractivity (Wildman–Crippen MR) is 64.6 cm³/mol. The minimum Gasteiger partial charge on any atom is -0.383 e. The largest absolute Gasteiger partial charge is 0.390 e. The van der Waals surface area contributed by atoms with Crippen molar-refractivity contribution in [1.82, 2.24) is 10.2 Å². The first-order valence-corrected chi connectivity index (χ1v) is 6.50. The second-order valence-electron chi connectivity index (χ2n) is 4.87. The summed E-state index contributed by atoms with van der Waals surface area (Å²) in [5.74, 6) is 0.462. The monoisotopic (exact) mass is 268 g/mol. The smallest absolute Gasteiger partial charge is 0.383 e. The van der Waals surface area contributed by atoms with Gasteiger partial charge in [-0.1, -0.05) is 0 Å². The molecular weight excluding hydrogens is 245 g/mol. The minimum atomic E-state index is -4.04. The van der Waals surface area contributed by atoms with E-state index in [4.69, 9.17) is 4.74 Å². The number of likely N-dealkylation sites (tertiary alicyclic amines) is 1. The van der Waals surface area contributed by atoms with Crippen LogP contribution in [0.2, 0.25) is 0 Å². The number of nitrogens with one attached hydrogen (secondary N) is 1. The maximum atomic E-state index is 12.1. The molecule has 1 aliphatic rings. The summed E-state index contributed by atoms with van der Waals surface area (Å²) in [7, 11) is 1.65. The molecule has 0 aromatic carbocycles. The molecule has 1 fully saturated rings. The molecule has 1 saturated heterocycles. The van der Waals surface area contributed by atoms with E-state index in [1.54, 1.807) is 7.11 Å². The Balaban J connectivity index is 2.15. The lowest BCUT2D eigenvalue weighted by Crippen LogP contribution is -2.41. The van der Waals surface area contributed by atoms with Crippen LogP contribution in [-0.2, 0) is 4.74 Å². The molecule has 0 saturated carbocycles. The van der Waals surface area contributed by atoms with Gasteiger partial charge in [-0.25, -0.2) is 0 Å². The van der Waals surface area contributed by atoms with Crippen LogP contribution in [0.1, 0.15) is 19.3 Å². The molecule has 1 N–H and O–H groups in total. The van der Waals surface area contributed by atoms with Crippen LogP contribution in [0.4, 0.5) is 13.2 Å². The van der Waals surface area contributed by atoms with Crippen LogP contribution in [0.5, 0.6) is 0 Å². The van der Waals surface area contributed by atoms with Gasteiger partial charge in [-0.2, -0.15) is 13.2 Å². The second-order valence-corrected chi connectivity index (χ2v) is 4.87. The summed E-state index contributed by atoms with van der Waals surface area (Å²) in [6, 6.07) is 0. The highest BCUT2D eigenvalue weighted by atomic mass is 19.4. The van der Waals surface area contributed by atoms with Gasteiger partial charge in [0.15, 0.2) is 0 Å². The zero-order valence-electron chi connectivity index (χ0n) is 10.9. The summed E-state index contributed by atoms with van der Waals surface area (Å²) >= 11 is 0. The quantitative estimate of drug-likeness (QED) is 0.714. The van der Waals surface area contributed by atoms with E-state index in [9.17, 15) is 13.2 Å². The van der Waals surface area contributed by atoms with Gasteiger partial charge in [0.2, 0.25) is 0 Å². The van der Waals surface area contributed by atoms with Gasteiger partial charge in [0.1, 0.15) is 0 Å². The first kappa shape index (κ1) is 15.7. The Morgan fingerprint density at radius 3 is 2.83 bits per heavy atom. The molecule has 6 heteroatoms. The van der Waals surface area contributed by atoms with Gasteiger partial charge in [0, 0.05) is 26.7 Å². The molecule has 1 rings (SSSR count). The second kappa shape index (κ2) is 7.96. The van der Waals surface area contributed by atoms with Gasteiger partial charge in [0.05, 0.1) is 13.0 Å². The molecular formula is C12H23F3N2O. The van der Waals surface area contributed by atoms with E-state index in [0.717, 1.165) is 39.0 Å². The average Bonchev–Trinajstić information content (AvgIpc) is 2.32. The lowest BCUT2D eigenvalue weighted by Gasteiger charge is -2.33. The van der Waals surface area contributed by atoms with Crippen LogP contribution < -0.4 is 5.32 Å². The first-order chi connectivity index (χ1) is 8.51. The Bertz CT molecular complexity index is 224. The van der Waals surface area contributed by atoms with Gasteiger partial charge < -0.3 is 15.0 Å². The highest BCUT2D eigenvalue weighted by Gasteiger charge is 2.29. The number of methoxy groups -OCH3 is 1. The van der Waals surface area contributed by atoms with E-state index in [-0.39, 0.29) is 6.54 Å². The number of halogens is 3. The molecule has 1 aliphatic heterocycles. The van der Waals surface area contributed by atoms with Crippen LogP contribution in [0.25, 0.3) is 0 Å². The summed E-state index contributed by atoms with van der Waals surface area (Å²) in [6.45, 7) is 4.05. The van der Waals surface area contributed by atoms with Gasteiger partial charge >= 0.3 is 6.18 Å². The van der Waals surface area contributed by atoms with Crippen molar-refractivity contribution in [2.45, 2.75) is 25.4 Å². The van der Waals surface area contributed by atoms with Crippen molar-refractivity contribution in [1.29, 1.82) is 0 Å². The van der Waals surface area contributed by atoms with Gasteiger partial charge in [-0.15, -0.1) is 0 Å². The molecule has 0 amide bonds. The third-order valence-corrected chi connectivity index (χ3v) is 3.23. The van der Waals surface area contributed by atoms with E-state index < -0.39 is 12.6 Å². The minimum absolute atomic E-state index is 0.137. The summed E-state index contributed by atoms with van der Waals surface area (Å²) in [5, 5.41) is 3.28. The lowest BCUT2D eigenvalue weighted by molar-refractivity contribution is -0.138. The fraction of sp³-hybridized carbons (Fsp3) is 1.00. The van der Waals surface area contributed by atoms with Crippen LogP contribution in [-0.4, -0.2) is 57.5 Å². The number of hydrogen-bond acceptors (Lipinski definition) is 3. The van der Waals surface area contributed by atoms with Gasteiger partial charge in [0.25, 0.3) is 0 Å². The van der Waals surface area contributed by atoms with E-state index in [2.05, 4.69) is 5.32 Å².